The molecule has 0 aliphatic heterocycles. The Morgan fingerprint density at radius 2 is 2.25 bits per heavy atom. The van der Waals surface area contributed by atoms with Crippen molar-refractivity contribution in [2.75, 3.05) is 0 Å². The van der Waals surface area contributed by atoms with Crippen molar-refractivity contribution in [3.8, 4) is 0 Å². The van der Waals surface area contributed by atoms with Crippen molar-refractivity contribution in [2.45, 2.75) is 24.8 Å². The van der Waals surface area contributed by atoms with Crippen molar-refractivity contribution >= 4 is 0 Å². The Hall–Kier alpha value is -1.68. The molecule has 0 spiro atoms. The molecule has 16 heavy (non-hydrogen) atoms. The van der Waals surface area contributed by atoms with E-state index >= 15 is 0 Å². The predicted molar refractivity (Wildman–Crippen MR) is 58.7 cm³/mol. The first-order valence-electron chi connectivity index (χ1n) is 5.46. The molecule has 0 saturated heterocycles. The van der Waals surface area contributed by atoms with Crippen molar-refractivity contribution in [3.05, 3.63) is 47.6 Å². The molecule has 1 fully saturated rings. The van der Waals surface area contributed by atoms with E-state index < -0.39 is 0 Å². The number of aromatic nitrogens is 2. The number of hydrogen-bond donors (Lipinski definition) is 1. The molecule has 1 atom stereocenters. The van der Waals surface area contributed by atoms with E-state index in [1.54, 1.807) is 0 Å². The number of nitrogens with zero attached hydrogens (tertiary/aromatic N) is 2. The molecule has 2 aromatic rings. The molecule has 4 heteroatoms. The average molecular weight is 215 g/mol. The van der Waals surface area contributed by atoms with E-state index in [-0.39, 0.29) is 6.04 Å². The molecule has 1 aliphatic rings. The van der Waals surface area contributed by atoms with Crippen LogP contribution in [0, 0.1) is 0 Å². The molecule has 0 amide bonds. The Morgan fingerprint density at radius 3 is 2.94 bits per heavy atom. The van der Waals surface area contributed by atoms with Gasteiger partial charge >= 0.3 is 0 Å². The zero-order valence-electron chi connectivity index (χ0n) is 8.84. The van der Waals surface area contributed by atoms with Gasteiger partial charge in [-0.15, -0.1) is 0 Å². The van der Waals surface area contributed by atoms with Gasteiger partial charge in [0.1, 0.15) is 0 Å². The SMILES string of the molecule is NC(c1cccc(C2CC2)c1)c1ncon1. The summed E-state index contributed by atoms with van der Waals surface area (Å²) < 4.78 is 4.71. The van der Waals surface area contributed by atoms with Crippen molar-refractivity contribution in [1.29, 1.82) is 0 Å². The molecular formula is C12H13N3O. The first kappa shape index (κ1) is 9.54. The minimum absolute atomic E-state index is 0.294. The van der Waals surface area contributed by atoms with Crippen LogP contribution in [0.3, 0.4) is 0 Å². The van der Waals surface area contributed by atoms with Gasteiger partial charge in [-0.3, -0.25) is 0 Å². The quantitative estimate of drug-likeness (QED) is 0.850. The lowest BCUT2D eigenvalue weighted by molar-refractivity contribution is 0.407. The fourth-order valence-electron chi connectivity index (χ4n) is 1.89. The minimum Gasteiger partial charge on any atom is -0.343 e. The van der Waals surface area contributed by atoms with E-state index in [1.807, 2.05) is 12.1 Å². The van der Waals surface area contributed by atoms with Crippen molar-refractivity contribution in [1.82, 2.24) is 10.1 Å². The van der Waals surface area contributed by atoms with Crippen LogP contribution in [0.15, 0.2) is 35.2 Å². The predicted octanol–water partition coefficient (Wildman–Crippen LogP) is 2.00. The fraction of sp³-hybridized carbons (Fsp3) is 0.333. The lowest BCUT2D eigenvalue weighted by Crippen LogP contribution is -2.13. The molecule has 3 rings (SSSR count). The highest BCUT2D eigenvalue weighted by Gasteiger charge is 2.24. The molecule has 1 aliphatic carbocycles. The van der Waals surface area contributed by atoms with Gasteiger partial charge in [-0.25, -0.2) is 0 Å². The van der Waals surface area contributed by atoms with Crippen LogP contribution in [0.25, 0.3) is 0 Å². The van der Waals surface area contributed by atoms with Gasteiger partial charge in [0.15, 0.2) is 5.82 Å². The standard InChI is InChI=1S/C12H13N3O/c13-11(12-14-7-16-15-12)10-3-1-2-9(6-10)8-4-5-8/h1-3,6-8,11H,4-5,13H2. The van der Waals surface area contributed by atoms with E-state index in [2.05, 4.69) is 22.3 Å². The Bertz CT molecular complexity index is 477. The van der Waals surface area contributed by atoms with Crippen molar-refractivity contribution in [3.63, 3.8) is 0 Å². The molecule has 0 bridgehead atoms. The molecule has 1 saturated carbocycles. The summed E-state index contributed by atoms with van der Waals surface area (Å²) in [5.41, 5.74) is 8.48. The van der Waals surface area contributed by atoms with Crippen LogP contribution >= 0.6 is 0 Å². The van der Waals surface area contributed by atoms with E-state index in [9.17, 15) is 0 Å². The summed E-state index contributed by atoms with van der Waals surface area (Å²) >= 11 is 0. The van der Waals surface area contributed by atoms with Gasteiger partial charge < -0.3 is 10.3 Å². The van der Waals surface area contributed by atoms with Crippen LogP contribution < -0.4 is 5.73 Å². The second-order valence-corrected chi connectivity index (χ2v) is 4.21. The number of benzene rings is 1. The van der Waals surface area contributed by atoms with E-state index in [0.717, 1.165) is 11.5 Å². The highest BCUT2D eigenvalue weighted by Crippen LogP contribution is 2.40. The van der Waals surface area contributed by atoms with Gasteiger partial charge in [0.25, 0.3) is 0 Å². The lowest BCUT2D eigenvalue weighted by Gasteiger charge is -2.09. The molecule has 1 unspecified atom stereocenters. The Labute approximate surface area is 93.5 Å². The normalized spacial score (nSPS) is 17.3. The average Bonchev–Trinajstić information content (AvgIpc) is 3.04. The van der Waals surface area contributed by atoms with Crippen molar-refractivity contribution < 1.29 is 4.52 Å². The van der Waals surface area contributed by atoms with Crippen LogP contribution in [0.2, 0.25) is 0 Å². The summed E-state index contributed by atoms with van der Waals surface area (Å²) in [4.78, 5) is 3.98. The zero-order valence-corrected chi connectivity index (χ0v) is 8.84. The Balaban J connectivity index is 1.90. The van der Waals surface area contributed by atoms with E-state index in [4.69, 9.17) is 10.3 Å². The van der Waals surface area contributed by atoms with Gasteiger partial charge in [0.2, 0.25) is 6.39 Å². The van der Waals surface area contributed by atoms with Gasteiger partial charge in [0, 0.05) is 0 Å². The molecule has 2 N–H and O–H groups in total. The smallest absolute Gasteiger partial charge is 0.213 e. The van der Waals surface area contributed by atoms with Gasteiger partial charge in [-0.05, 0) is 29.9 Å². The van der Waals surface area contributed by atoms with Crippen LogP contribution in [-0.4, -0.2) is 10.1 Å². The molecule has 1 aromatic carbocycles. The third-order valence-electron chi connectivity index (χ3n) is 2.98. The van der Waals surface area contributed by atoms with Crippen molar-refractivity contribution in [2.24, 2.45) is 5.73 Å². The highest BCUT2D eigenvalue weighted by atomic mass is 16.5. The molecule has 1 aromatic heterocycles. The topological polar surface area (TPSA) is 64.9 Å². The van der Waals surface area contributed by atoms with Gasteiger partial charge in [-0.1, -0.05) is 29.4 Å². The summed E-state index contributed by atoms with van der Waals surface area (Å²) in [5.74, 6) is 1.27. The van der Waals surface area contributed by atoms with Crippen LogP contribution in [0.5, 0.6) is 0 Å². The minimum atomic E-state index is -0.294. The largest absolute Gasteiger partial charge is 0.343 e. The maximum absolute atomic E-state index is 6.07. The number of nitrogens with two attached hydrogens (primary N) is 1. The summed E-state index contributed by atoms with van der Waals surface area (Å²) in [7, 11) is 0. The zero-order chi connectivity index (χ0) is 11.0. The lowest BCUT2D eigenvalue weighted by atomic mass is 10.0. The number of hydrogen-bond acceptors (Lipinski definition) is 4. The van der Waals surface area contributed by atoms with Gasteiger partial charge in [0.05, 0.1) is 6.04 Å². The molecule has 0 radical (unpaired) electrons. The molecule has 82 valence electrons. The molecule has 1 heterocycles. The molecule has 4 nitrogen and oxygen atoms in total. The highest BCUT2D eigenvalue weighted by molar-refractivity contribution is 5.32. The monoisotopic (exact) mass is 215 g/mol. The fourth-order valence-corrected chi connectivity index (χ4v) is 1.89. The Kier molecular flexibility index (Phi) is 2.22. The van der Waals surface area contributed by atoms with Crippen LogP contribution in [0.4, 0.5) is 0 Å². The Morgan fingerprint density at radius 1 is 1.38 bits per heavy atom. The number of rotatable bonds is 3. The van der Waals surface area contributed by atoms with E-state index in [0.29, 0.717) is 5.82 Å². The maximum Gasteiger partial charge on any atom is 0.213 e. The van der Waals surface area contributed by atoms with E-state index in [1.165, 1.54) is 24.8 Å². The second kappa shape index (κ2) is 3.72. The van der Waals surface area contributed by atoms with Crippen LogP contribution in [-0.2, 0) is 0 Å². The summed E-state index contributed by atoms with van der Waals surface area (Å²) in [6.07, 6.45) is 3.89. The van der Waals surface area contributed by atoms with Gasteiger partial charge in [-0.2, -0.15) is 4.98 Å². The van der Waals surface area contributed by atoms with Crippen LogP contribution in [0.1, 0.15) is 41.8 Å². The first-order chi connectivity index (χ1) is 7.84. The molecular weight excluding hydrogens is 202 g/mol. The third kappa shape index (κ3) is 1.72. The summed E-state index contributed by atoms with van der Waals surface area (Å²) in [6.45, 7) is 0. The maximum atomic E-state index is 6.07. The first-order valence-corrected chi connectivity index (χ1v) is 5.46. The second-order valence-electron chi connectivity index (χ2n) is 4.21. The summed E-state index contributed by atoms with van der Waals surface area (Å²) in [5, 5.41) is 3.77. The summed E-state index contributed by atoms with van der Waals surface area (Å²) in [6, 6.07) is 8.07. The third-order valence-corrected chi connectivity index (χ3v) is 2.98.